The molecule has 0 saturated carbocycles. The second-order valence-corrected chi connectivity index (χ2v) is 10.0. The Kier molecular flexibility index (Phi) is 6.64. The number of pyridine rings is 1. The molecule has 0 saturated heterocycles. The Hall–Kier alpha value is -3.01. The number of nitrogens with one attached hydrogen (secondary N) is 2. The highest BCUT2D eigenvalue weighted by molar-refractivity contribution is 7.92. The van der Waals surface area contributed by atoms with Gasteiger partial charge in [0, 0.05) is 59.8 Å². The van der Waals surface area contributed by atoms with E-state index in [9.17, 15) is 13.2 Å². The molecule has 1 aliphatic rings. The van der Waals surface area contributed by atoms with Crippen LogP contribution in [0.4, 0.5) is 5.69 Å². The van der Waals surface area contributed by atoms with Crippen LogP contribution >= 0.6 is 11.6 Å². The van der Waals surface area contributed by atoms with Crippen molar-refractivity contribution < 1.29 is 17.9 Å². The molecule has 1 aromatic heterocycles. The van der Waals surface area contributed by atoms with E-state index in [0.29, 0.717) is 58.8 Å². The minimum absolute atomic E-state index is 0.0596. The number of rotatable bonds is 3. The van der Waals surface area contributed by atoms with Crippen molar-refractivity contribution in [1.29, 1.82) is 0 Å². The van der Waals surface area contributed by atoms with Crippen molar-refractivity contribution in [3.8, 4) is 28.4 Å². The number of sulfonamides is 1. The molecule has 0 radical (unpaired) electrons. The van der Waals surface area contributed by atoms with Crippen LogP contribution in [0.2, 0.25) is 5.02 Å². The van der Waals surface area contributed by atoms with Gasteiger partial charge in [-0.3, -0.25) is 9.52 Å². The van der Waals surface area contributed by atoms with Crippen LogP contribution in [0.1, 0.15) is 12.5 Å². The van der Waals surface area contributed by atoms with Crippen LogP contribution in [-0.4, -0.2) is 31.9 Å². The Morgan fingerprint density at radius 3 is 2.67 bits per heavy atom. The van der Waals surface area contributed by atoms with Gasteiger partial charge in [0.25, 0.3) is 5.56 Å². The maximum absolute atomic E-state index is 12.3. The number of fused-ring (bicyclic) bond motifs is 4. The van der Waals surface area contributed by atoms with E-state index in [1.54, 1.807) is 50.5 Å². The first-order valence-electron chi connectivity index (χ1n) is 10.4. The lowest BCUT2D eigenvalue weighted by Crippen LogP contribution is -2.22. The van der Waals surface area contributed by atoms with Gasteiger partial charge in [-0.1, -0.05) is 11.6 Å². The first-order valence-corrected chi connectivity index (χ1v) is 12.4. The van der Waals surface area contributed by atoms with Crippen molar-refractivity contribution in [3.05, 3.63) is 69.6 Å². The number of halogens is 1. The largest absolute Gasteiger partial charge is 0.491 e. The third-order valence-electron chi connectivity index (χ3n) is 5.21. The molecule has 33 heavy (non-hydrogen) atoms. The normalized spacial score (nSPS) is 13.8. The standard InChI is InChI=1S/C23H24ClN3O5S/c1-3-33(29,30)26-17-5-7-21-18(11-17)19-14-27(2)23(28)12-22(19)31-9-8-25-13-15-10-16(24)4-6-20(15)32-21/h4-7,10-12,14,25-26H,3,8-9,13H2,1-2H3. The fourth-order valence-corrected chi connectivity index (χ4v) is 4.26. The summed E-state index contributed by atoms with van der Waals surface area (Å²) in [6, 6.07) is 11.8. The number of aromatic nitrogens is 1. The van der Waals surface area contributed by atoms with Gasteiger partial charge < -0.3 is 19.4 Å². The van der Waals surface area contributed by atoms with Gasteiger partial charge >= 0.3 is 0 Å². The topological polar surface area (TPSA) is 98.7 Å². The maximum atomic E-state index is 12.3. The maximum Gasteiger partial charge on any atom is 0.254 e. The van der Waals surface area contributed by atoms with Gasteiger partial charge in [0.15, 0.2) is 0 Å². The van der Waals surface area contributed by atoms with Crippen LogP contribution in [0.15, 0.2) is 53.5 Å². The van der Waals surface area contributed by atoms with Crippen LogP contribution in [0.3, 0.4) is 0 Å². The molecule has 3 aromatic rings. The number of benzene rings is 2. The van der Waals surface area contributed by atoms with E-state index in [-0.39, 0.29) is 11.3 Å². The quantitative estimate of drug-likeness (QED) is 0.581. The Balaban J connectivity index is 1.92. The molecule has 10 heteroatoms. The second-order valence-electron chi connectivity index (χ2n) is 7.60. The molecule has 0 atom stereocenters. The van der Waals surface area contributed by atoms with Gasteiger partial charge in [0.1, 0.15) is 23.9 Å². The first-order chi connectivity index (χ1) is 15.8. The summed E-state index contributed by atoms with van der Waals surface area (Å²) in [5.74, 6) is 1.41. The van der Waals surface area contributed by atoms with E-state index >= 15 is 0 Å². The summed E-state index contributed by atoms with van der Waals surface area (Å²) in [5.41, 5.74) is 2.20. The third kappa shape index (κ3) is 5.32. The molecule has 2 aromatic carbocycles. The molecule has 2 heterocycles. The predicted octanol–water partition coefficient (Wildman–Crippen LogP) is 3.74. The fraction of sp³-hybridized carbons (Fsp3) is 0.261. The van der Waals surface area contributed by atoms with Gasteiger partial charge in [-0.25, -0.2) is 8.42 Å². The molecule has 8 nitrogen and oxygen atoms in total. The van der Waals surface area contributed by atoms with Crippen LogP contribution < -0.4 is 25.1 Å². The van der Waals surface area contributed by atoms with E-state index in [1.807, 2.05) is 6.07 Å². The SMILES string of the molecule is CCS(=O)(=O)Nc1ccc2c(c1)-c1cn(C)c(=O)cc1OCCNCc1cc(Cl)ccc1O2. The Labute approximate surface area is 197 Å². The van der Waals surface area contributed by atoms with Crippen LogP contribution in [0, 0.1) is 0 Å². The molecule has 2 N–H and O–H groups in total. The molecule has 0 fully saturated rings. The Morgan fingerprint density at radius 2 is 1.88 bits per heavy atom. The monoisotopic (exact) mass is 489 g/mol. The second kappa shape index (κ2) is 9.46. The van der Waals surface area contributed by atoms with Crippen molar-refractivity contribution in [1.82, 2.24) is 9.88 Å². The zero-order valence-electron chi connectivity index (χ0n) is 18.2. The Bertz CT molecular complexity index is 1350. The average Bonchev–Trinajstić information content (AvgIpc) is 2.77. The van der Waals surface area contributed by atoms with Gasteiger partial charge in [-0.2, -0.15) is 0 Å². The summed E-state index contributed by atoms with van der Waals surface area (Å²) in [6.07, 6.45) is 1.65. The summed E-state index contributed by atoms with van der Waals surface area (Å²) in [5, 5.41) is 3.88. The zero-order chi connectivity index (χ0) is 23.6. The van der Waals surface area contributed by atoms with Crippen molar-refractivity contribution >= 4 is 27.3 Å². The van der Waals surface area contributed by atoms with Crippen molar-refractivity contribution in [2.75, 3.05) is 23.6 Å². The third-order valence-corrected chi connectivity index (χ3v) is 6.75. The summed E-state index contributed by atoms with van der Waals surface area (Å²) in [6.45, 7) is 2.93. The van der Waals surface area contributed by atoms with E-state index in [1.165, 1.54) is 10.6 Å². The highest BCUT2D eigenvalue weighted by Crippen LogP contribution is 2.40. The molecule has 4 rings (SSSR count). The predicted molar refractivity (Wildman–Crippen MR) is 129 cm³/mol. The van der Waals surface area contributed by atoms with E-state index in [0.717, 1.165) is 5.56 Å². The molecule has 0 spiro atoms. The summed E-state index contributed by atoms with van der Waals surface area (Å²) < 4.78 is 40.5. The molecular formula is C23H24ClN3O5S. The highest BCUT2D eigenvalue weighted by Gasteiger charge is 2.19. The molecule has 0 aliphatic carbocycles. The van der Waals surface area contributed by atoms with E-state index in [2.05, 4.69) is 10.0 Å². The van der Waals surface area contributed by atoms with Crippen molar-refractivity contribution in [2.45, 2.75) is 13.5 Å². The van der Waals surface area contributed by atoms with E-state index in [4.69, 9.17) is 21.1 Å². The fourth-order valence-electron chi connectivity index (χ4n) is 3.44. The van der Waals surface area contributed by atoms with Crippen LogP contribution in [0.5, 0.6) is 17.2 Å². The lowest BCUT2D eigenvalue weighted by atomic mass is 10.0. The number of ether oxygens (including phenoxy) is 2. The van der Waals surface area contributed by atoms with Crippen LogP contribution in [-0.2, 0) is 23.6 Å². The zero-order valence-corrected chi connectivity index (χ0v) is 19.8. The number of aryl methyl sites for hydroxylation is 1. The molecule has 0 unspecified atom stereocenters. The number of anilines is 1. The minimum atomic E-state index is -3.48. The molecule has 1 aliphatic heterocycles. The van der Waals surface area contributed by atoms with Gasteiger partial charge in [0.2, 0.25) is 10.0 Å². The minimum Gasteiger partial charge on any atom is -0.491 e. The van der Waals surface area contributed by atoms with Crippen LogP contribution in [0.25, 0.3) is 11.1 Å². The number of nitrogens with zero attached hydrogens (tertiary/aromatic N) is 1. The van der Waals surface area contributed by atoms with Gasteiger partial charge in [-0.05, 0) is 43.3 Å². The molecular weight excluding hydrogens is 466 g/mol. The number of hydrogen-bond donors (Lipinski definition) is 2. The number of hydrogen-bond acceptors (Lipinski definition) is 6. The first kappa shape index (κ1) is 23.2. The van der Waals surface area contributed by atoms with Crippen molar-refractivity contribution in [2.24, 2.45) is 7.05 Å². The van der Waals surface area contributed by atoms with E-state index < -0.39 is 10.0 Å². The Morgan fingerprint density at radius 1 is 1.09 bits per heavy atom. The highest BCUT2D eigenvalue weighted by atomic mass is 35.5. The lowest BCUT2D eigenvalue weighted by Gasteiger charge is -2.20. The summed E-state index contributed by atoms with van der Waals surface area (Å²) in [7, 11) is -1.84. The lowest BCUT2D eigenvalue weighted by molar-refractivity contribution is 0.313. The van der Waals surface area contributed by atoms with Gasteiger partial charge in [0.05, 0.1) is 5.75 Å². The molecule has 0 bridgehead atoms. The van der Waals surface area contributed by atoms with Gasteiger partial charge in [-0.15, -0.1) is 0 Å². The smallest absolute Gasteiger partial charge is 0.254 e. The summed E-state index contributed by atoms with van der Waals surface area (Å²) in [4.78, 5) is 12.3. The molecule has 174 valence electrons. The summed E-state index contributed by atoms with van der Waals surface area (Å²) >= 11 is 6.19. The van der Waals surface area contributed by atoms with Crippen molar-refractivity contribution in [3.63, 3.8) is 0 Å². The average molecular weight is 490 g/mol. The molecule has 0 amide bonds.